The van der Waals surface area contributed by atoms with Gasteiger partial charge in [-0.1, -0.05) is 12.1 Å². The Hall–Kier alpha value is -2.00. The van der Waals surface area contributed by atoms with E-state index in [4.69, 9.17) is 14.6 Å². The Kier molecular flexibility index (Phi) is 6.49. The Morgan fingerprint density at radius 2 is 2.12 bits per heavy atom. The van der Waals surface area contributed by atoms with Gasteiger partial charge in [0.25, 0.3) is 0 Å². The monoisotopic (exact) mass is 371 g/mol. The van der Waals surface area contributed by atoms with Crippen LogP contribution in [-0.4, -0.2) is 59.0 Å². The summed E-state index contributed by atoms with van der Waals surface area (Å²) in [6, 6.07) is 5.41. The first kappa shape index (κ1) is 19.3. The SMILES string of the molecule is COc1cccc(CCNC(=O)N2CCC(CS(N)(=O)=O)C2)c1OC. The summed E-state index contributed by atoms with van der Waals surface area (Å²) in [5.41, 5.74) is 0.940. The van der Waals surface area contributed by atoms with Crippen molar-refractivity contribution in [1.29, 1.82) is 0 Å². The molecule has 1 heterocycles. The van der Waals surface area contributed by atoms with Crippen LogP contribution in [0.2, 0.25) is 0 Å². The van der Waals surface area contributed by atoms with Gasteiger partial charge in [-0.15, -0.1) is 0 Å². The number of nitrogens with one attached hydrogen (secondary N) is 1. The lowest BCUT2D eigenvalue weighted by Gasteiger charge is -2.18. The normalized spacial score (nSPS) is 17.4. The van der Waals surface area contributed by atoms with Gasteiger partial charge in [0, 0.05) is 19.6 Å². The second kappa shape index (κ2) is 8.39. The second-order valence-corrected chi connectivity index (χ2v) is 7.72. The summed E-state index contributed by atoms with van der Waals surface area (Å²) < 4.78 is 32.9. The molecule has 140 valence electrons. The first-order valence-electron chi connectivity index (χ1n) is 8.07. The number of carbonyl (C=O) groups is 1. The molecule has 0 radical (unpaired) electrons. The van der Waals surface area contributed by atoms with Crippen molar-refractivity contribution in [1.82, 2.24) is 10.2 Å². The number of para-hydroxylation sites is 1. The Morgan fingerprint density at radius 3 is 2.76 bits per heavy atom. The molecule has 1 unspecified atom stereocenters. The van der Waals surface area contributed by atoms with Gasteiger partial charge in [0.2, 0.25) is 10.0 Å². The maximum absolute atomic E-state index is 12.2. The van der Waals surface area contributed by atoms with Gasteiger partial charge in [0.1, 0.15) is 0 Å². The molecule has 8 nitrogen and oxygen atoms in total. The molecule has 0 aromatic heterocycles. The van der Waals surface area contributed by atoms with E-state index >= 15 is 0 Å². The molecule has 1 atom stereocenters. The molecule has 0 aliphatic carbocycles. The number of sulfonamides is 1. The lowest BCUT2D eigenvalue weighted by molar-refractivity contribution is 0.207. The Labute approximate surface area is 148 Å². The average Bonchev–Trinajstić information content (AvgIpc) is 3.00. The number of methoxy groups -OCH3 is 2. The molecule has 9 heteroatoms. The molecule has 1 aliphatic rings. The number of rotatable bonds is 7. The van der Waals surface area contributed by atoms with E-state index in [1.165, 1.54) is 0 Å². The van der Waals surface area contributed by atoms with Crippen molar-refractivity contribution in [3.8, 4) is 11.5 Å². The number of carbonyl (C=O) groups excluding carboxylic acids is 1. The lowest BCUT2D eigenvalue weighted by Crippen LogP contribution is -2.39. The third-order valence-electron chi connectivity index (χ3n) is 4.20. The largest absolute Gasteiger partial charge is 0.493 e. The highest BCUT2D eigenvalue weighted by Gasteiger charge is 2.28. The molecule has 2 amide bonds. The van der Waals surface area contributed by atoms with Gasteiger partial charge in [0.15, 0.2) is 11.5 Å². The van der Waals surface area contributed by atoms with Gasteiger partial charge in [-0.05, 0) is 30.4 Å². The van der Waals surface area contributed by atoms with Crippen molar-refractivity contribution in [2.45, 2.75) is 12.8 Å². The van der Waals surface area contributed by atoms with Gasteiger partial charge >= 0.3 is 6.03 Å². The number of primary sulfonamides is 1. The van der Waals surface area contributed by atoms with Crippen molar-refractivity contribution in [2.24, 2.45) is 11.1 Å². The number of amides is 2. The summed E-state index contributed by atoms with van der Waals surface area (Å²) in [6.07, 6.45) is 1.24. The quantitative estimate of drug-likeness (QED) is 0.728. The van der Waals surface area contributed by atoms with Crippen LogP contribution in [0.15, 0.2) is 18.2 Å². The first-order chi connectivity index (χ1) is 11.8. The number of ether oxygens (including phenoxy) is 2. The summed E-state index contributed by atoms with van der Waals surface area (Å²) in [7, 11) is -0.351. The zero-order valence-electron chi connectivity index (χ0n) is 14.5. The molecule has 2 rings (SSSR count). The van der Waals surface area contributed by atoms with Crippen LogP contribution in [0.1, 0.15) is 12.0 Å². The van der Waals surface area contributed by atoms with Crippen molar-refractivity contribution in [3.05, 3.63) is 23.8 Å². The van der Waals surface area contributed by atoms with E-state index < -0.39 is 10.0 Å². The number of nitrogens with zero attached hydrogens (tertiary/aromatic N) is 1. The van der Waals surface area contributed by atoms with Gasteiger partial charge in [-0.25, -0.2) is 18.4 Å². The zero-order chi connectivity index (χ0) is 18.4. The minimum absolute atomic E-state index is 0.0855. The van der Waals surface area contributed by atoms with Crippen molar-refractivity contribution < 1.29 is 22.7 Å². The summed E-state index contributed by atoms with van der Waals surface area (Å²) in [5, 5.41) is 7.92. The fraction of sp³-hybridized carbons (Fsp3) is 0.562. The number of nitrogens with two attached hydrogens (primary N) is 1. The standard InChI is InChI=1S/C16H25N3O5S/c1-23-14-5-3-4-13(15(14)24-2)6-8-18-16(20)19-9-7-12(10-19)11-25(17,21)22/h3-5,12H,6-11H2,1-2H3,(H,18,20)(H2,17,21,22). The van der Waals surface area contributed by atoms with Crippen molar-refractivity contribution in [3.63, 3.8) is 0 Å². The predicted octanol–water partition coefficient (Wildman–Crippen LogP) is 0.566. The highest BCUT2D eigenvalue weighted by atomic mass is 32.2. The minimum atomic E-state index is -3.51. The average molecular weight is 371 g/mol. The summed E-state index contributed by atoms with van der Waals surface area (Å²) in [4.78, 5) is 13.8. The molecule has 1 aromatic carbocycles. The Balaban J connectivity index is 1.84. The molecule has 25 heavy (non-hydrogen) atoms. The van der Waals surface area contributed by atoms with E-state index in [0.717, 1.165) is 5.56 Å². The lowest BCUT2D eigenvalue weighted by atomic mass is 10.1. The maximum Gasteiger partial charge on any atom is 0.317 e. The fourth-order valence-corrected chi connectivity index (χ4v) is 3.98. The molecule has 0 spiro atoms. The summed E-state index contributed by atoms with van der Waals surface area (Å²) in [5.74, 6) is 1.13. The van der Waals surface area contributed by atoms with E-state index in [2.05, 4.69) is 5.32 Å². The molecule has 1 aliphatic heterocycles. The second-order valence-electron chi connectivity index (χ2n) is 6.06. The van der Waals surface area contributed by atoms with E-state index in [0.29, 0.717) is 44.0 Å². The van der Waals surface area contributed by atoms with E-state index in [1.807, 2.05) is 18.2 Å². The van der Waals surface area contributed by atoms with E-state index in [-0.39, 0.29) is 17.7 Å². The number of urea groups is 1. The molecular formula is C16H25N3O5S. The van der Waals surface area contributed by atoms with Crippen LogP contribution in [0.25, 0.3) is 0 Å². The van der Waals surface area contributed by atoms with Gasteiger partial charge in [-0.2, -0.15) is 0 Å². The maximum atomic E-state index is 12.2. The number of benzene rings is 1. The predicted molar refractivity (Wildman–Crippen MR) is 94.3 cm³/mol. The molecule has 1 fully saturated rings. The smallest absolute Gasteiger partial charge is 0.317 e. The molecule has 1 saturated heterocycles. The highest BCUT2D eigenvalue weighted by molar-refractivity contribution is 7.89. The zero-order valence-corrected chi connectivity index (χ0v) is 15.3. The molecule has 1 aromatic rings. The summed E-state index contributed by atoms with van der Waals surface area (Å²) >= 11 is 0. The number of hydrogen-bond donors (Lipinski definition) is 2. The van der Waals surface area contributed by atoms with E-state index in [9.17, 15) is 13.2 Å². The topological polar surface area (TPSA) is 111 Å². The van der Waals surface area contributed by atoms with Crippen molar-refractivity contribution >= 4 is 16.1 Å². The van der Waals surface area contributed by atoms with Crippen LogP contribution in [0.5, 0.6) is 11.5 Å². The van der Waals surface area contributed by atoms with Crippen LogP contribution in [0, 0.1) is 5.92 Å². The number of likely N-dealkylation sites (tertiary alicyclic amines) is 1. The molecule has 0 bridgehead atoms. The molecule has 0 saturated carbocycles. The van der Waals surface area contributed by atoms with E-state index in [1.54, 1.807) is 19.1 Å². The van der Waals surface area contributed by atoms with Crippen LogP contribution in [0.3, 0.4) is 0 Å². The highest BCUT2D eigenvalue weighted by Crippen LogP contribution is 2.30. The van der Waals surface area contributed by atoms with Crippen LogP contribution < -0.4 is 19.9 Å². The molecule has 3 N–H and O–H groups in total. The van der Waals surface area contributed by atoms with Crippen LogP contribution in [0.4, 0.5) is 4.79 Å². The fourth-order valence-electron chi connectivity index (χ4n) is 3.05. The van der Waals surface area contributed by atoms with Gasteiger partial charge in [0.05, 0.1) is 20.0 Å². The third kappa shape index (κ3) is 5.50. The Bertz CT molecular complexity index is 708. The third-order valence-corrected chi connectivity index (χ3v) is 5.13. The van der Waals surface area contributed by atoms with Gasteiger partial charge < -0.3 is 19.7 Å². The number of hydrogen-bond acceptors (Lipinski definition) is 5. The summed E-state index contributed by atoms with van der Waals surface area (Å²) in [6.45, 7) is 1.39. The first-order valence-corrected chi connectivity index (χ1v) is 9.78. The molecular weight excluding hydrogens is 346 g/mol. The van der Waals surface area contributed by atoms with Crippen molar-refractivity contribution in [2.75, 3.05) is 39.6 Å². The van der Waals surface area contributed by atoms with Gasteiger partial charge in [-0.3, -0.25) is 0 Å². The Morgan fingerprint density at radius 1 is 1.36 bits per heavy atom. The minimum Gasteiger partial charge on any atom is -0.493 e. The van der Waals surface area contributed by atoms with Crippen LogP contribution >= 0.6 is 0 Å². The van der Waals surface area contributed by atoms with Crippen LogP contribution in [-0.2, 0) is 16.4 Å².